The van der Waals surface area contributed by atoms with Gasteiger partial charge in [0.05, 0.1) is 12.2 Å². The van der Waals surface area contributed by atoms with Crippen molar-refractivity contribution >= 4 is 11.6 Å². The van der Waals surface area contributed by atoms with Gasteiger partial charge in [0.2, 0.25) is 0 Å². The number of fused-ring (bicyclic) bond motifs is 7. The molecule has 1 heterocycles. The highest BCUT2D eigenvalue weighted by Crippen LogP contribution is 2.72. The van der Waals surface area contributed by atoms with Gasteiger partial charge in [-0.1, -0.05) is 18.6 Å². The summed E-state index contributed by atoms with van der Waals surface area (Å²) in [4.78, 5) is 25.4. The lowest BCUT2D eigenvalue weighted by atomic mass is 9.44. The van der Waals surface area contributed by atoms with Crippen LogP contribution in [0.2, 0.25) is 0 Å². The number of hydrogen-bond donors (Lipinski definition) is 2. The topological polar surface area (TPSA) is 93.1 Å². The predicted octanol–water partition coefficient (Wildman–Crippen LogP) is 2.42. The minimum absolute atomic E-state index is 0.100. The standard InChI is InChI=1S/C24H31FO6/c1-20(2)30-19-10-16-15-6-5-13-9-14(27)7-8-21(13,3)23(15,25)17(28)11-22(16,4)24(19,31-20)18(29)12-26/h7-9,15-17,19,26,28H,5-6,10-12H2,1-4H3/t15?,16?,17-,19+,21-,22-,23-,24+/m0/s1/i1D3,2D3. The molecule has 0 aromatic rings. The second kappa shape index (κ2) is 6.13. The zero-order valence-electron chi connectivity index (χ0n) is 23.5. The van der Waals surface area contributed by atoms with Gasteiger partial charge < -0.3 is 19.7 Å². The fourth-order valence-electron chi connectivity index (χ4n) is 7.62. The Morgan fingerprint density at radius 1 is 1.35 bits per heavy atom. The molecule has 0 spiro atoms. The minimum Gasteiger partial charge on any atom is -0.390 e. The SMILES string of the molecule is [2H]C([2H])([2H])C1(C([2H])([2H])[2H])O[C@@H]2CC3C4CCC5=CC(=O)C=C[C@]5(C)[C@@]4(F)[C@@H](O)C[C@]3(C)[C@]2(C(=O)CO)O1. The highest BCUT2D eigenvalue weighted by atomic mass is 19.1. The maximum absolute atomic E-state index is 17.3. The average Bonchev–Trinajstić information content (AvgIpc) is 3.26. The van der Waals surface area contributed by atoms with Gasteiger partial charge in [-0.15, -0.1) is 0 Å². The molecule has 0 bridgehead atoms. The van der Waals surface area contributed by atoms with E-state index >= 15 is 4.39 Å². The second-order valence-corrected chi connectivity index (χ2v) is 10.1. The molecule has 1 saturated heterocycles. The molecule has 4 fully saturated rings. The maximum Gasteiger partial charge on any atom is 0.193 e. The Hall–Kier alpha value is -1.41. The number of carbonyl (C=O) groups excluding carboxylic acids is 2. The first-order chi connectivity index (χ1) is 16.9. The van der Waals surface area contributed by atoms with Crippen LogP contribution in [-0.4, -0.2) is 57.7 Å². The van der Waals surface area contributed by atoms with Gasteiger partial charge in [-0.25, -0.2) is 4.39 Å². The van der Waals surface area contributed by atoms with E-state index in [1.807, 2.05) is 0 Å². The van der Waals surface area contributed by atoms with Crippen molar-refractivity contribution in [3.05, 3.63) is 23.8 Å². The smallest absolute Gasteiger partial charge is 0.193 e. The first-order valence-corrected chi connectivity index (χ1v) is 10.7. The van der Waals surface area contributed by atoms with Crippen LogP contribution in [0.4, 0.5) is 4.39 Å². The van der Waals surface area contributed by atoms with E-state index in [1.54, 1.807) is 13.8 Å². The zero-order chi connectivity index (χ0) is 27.6. The Morgan fingerprint density at radius 3 is 2.77 bits per heavy atom. The molecule has 8 atom stereocenters. The van der Waals surface area contributed by atoms with Gasteiger partial charge in [-0.05, 0) is 64.4 Å². The third-order valence-corrected chi connectivity index (χ3v) is 8.97. The van der Waals surface area contributed by atoms with Crippen molar-refractivity contribution in [2.75, 3.05) is 6.61 Å². The van der Waals surface area contributed by atoms with Crippen LogP contribution in [0.15, 0.2) is 23.8 Å². The zero-order valence-corrected chi connectivity index (χ0v) is 17.5. The number of Topliss-reactive ketones (excluding diaryl/α,β-unsaturated/α-hetero) is 1. The molecule has 7 heteroatoms. The van der Waals surface area contributed by atoms with Crippen LogP contribution in [0.5, 0.6) is 0 Å². The van der Waals surface area contributed by atoms with Crippen LogP contribution >= 0.6 is 0 Å². The molecule has 0 aromatic carbocycles. The van der Waals surface area contributed by atoms with Crippen LogP contribution in [0.3, 0.4) is 0 Å². The number of rotatable bonds is 2. The van der Waals surface area contributed by atoms with Gasteiger partial charge in [0, 0.05) is 25.0 Å². The first kappa shape index (κ1) is 15.4. The highest BCUT2D eigenvalue weighted by molar-refractivity contribution is 6.01. The summed E-state index contributed by atoms with van der Waals surface area (Å²) in [6, 6.07) is 0. The molecule has 2 unspecified atom stereocenters. The summed E-state index contributed by atoms with van der Waals surface area (Å²) in [7, 11) is 0. The Labute approximate surface area is 189 Å². The van der Waals surface area contributed by atoms with E-state index in [-0.39, 0.29) is 25.0 Å². The summed E-state index contributed by atoms with van der Waals surface area (Å²) in [5.41, 5.74) is -6.64. The van der Waals surface area contributed by atoms with Crippen molar-refractivity contribution in [1.82, 2.24) is 0 Å². The van der Waals surface area contributed by atoms with Crippen LogP contribution in [0.25, 0.3) is 0 Å². The molecule has 5 aliphatic rings. The van der Waals surface area contributed by atoms with Gasteiger partial charge in [-0.2, -0.15) is 0 Å². The fraction of sp³-hybridized carbons (Fsp3) is 0.750. The van der Waals surface area contributed by atoms with Gasteiger partial charge in [0.15, 0.2) is 28.6 Å². The lowest BCUT2D eigenvalue weighted by molar-refractivity contribution is -0.246. The maximum atomic E-state index is 17.3. The van der Waals surface area contributed by atoms with Gasteiger partial charge in [-0.3, -0.25) is 9.59 Å². The number of carbonyl (C=O) groups is 2. The largest absolute Gasteiger partial charge is 0.390 e. The van der Waals surface area contributed by atoms with Gasteiger partial charge in [0.1, 0.15) is 6.61 Å². The monoisotopic (exact) mass is 440 g/mol. The lowest BCUT2D eigenvalue weighted by Crippen LogP contribution is -2.70. The number of halogens is 1. The van der Waals surface area contributed by atoms with Crippen molar-refractivity contribution < 1.29 is 41.9 Å². The summed E-state index contributed by atoms with van der Waals surface area (Å²) in [5.74, 6) is -5.91. The van der Waals surface area contributed by atoms with E-state index in [0.717, 1.165) is 0 Å². The molecule has 170 valence electrons. The highest BCUT2D eigenvalue weighted by Gasteiger charge is 2.79. The summed E-state index contributed by atoms with van der Waals surface area (Å²) in [5, 5.41) is 21.4. The normalized spacial score (nSPS) is 55.8. The number of aliphatic hydroxyl groups is 2. The summed E-state index contributed by atoms with van der Waals surface area (Å²) >= 11 is 0. The van der Waals surface area contributed by atoms with E-state index in [2.05, 4.69) is 0 Å². The van der Waals surface area contributed by atoms with E-state index < -0.39 is 78.0 Å². The molecule has 31 heavy (non-hydrogen) atoms. The molecule has 0 radical (unpaired) electrons. The summed E-state index contributed by atoms with van der Waals surface area (Å²) in [6.07, 6.45) is 1.20. The van der Waals surface area contributed by atoms with Crippen molar-refractivity contribution in [1.29, 1.82) is 0 Å². The lowest BCUT2D eigenvalue weighted by Gasteiger charge is -2.62. The van der Waals surface area contributed by atoms with Crippen LogP contribution in [0.1, 0.15) is 61.5 Å². The second-order valence-electron chi connectivity index (χ2n) is 10.1. The number of alkyl halides is 1. The molecule has 5 rings (SSSR count). The van der Waals surface area contributed by atoms with Gasteiger partial charge >= 0.3 is 0 Å². The van der Waals surface area contributed by atoms with Crippen molar-refractivity contribution in [2.24, 2.45) is 22.7 Å². The molecule has 2 N–H and O–H groups in total. The Balaban J connectivity index is 1.66. The molecule has 6 nitrogen and oxygen atoms in total. The molecule has 3 saturated carbocycles. The molecule has 1 aliphatic heterocycles. The first-order valence-electron chi connectivity index (χ1n) is 13.7. The molecular weight excluding hydrogens is 403 g/mol. The predicted molar refractivity (Wildman–Crippen MR) is 109 cm³/mol. The summed E-state index contributed by atoms with van der Waals surface area (Å²) in [6.45, 7) is -4.55. The summed E-state index contributed by atoms with van der Waals surface area (Å²) < 4.78 is 76.6. The Kier molecular flexibility index (Phi) is 3.05. The molecule has 0 amide bonds. The van der Waals surface area contributed by atoms with E-state index in [9.17, 15) is 19.8 Å². The average molecular weight is 441 g/mol. The number of aliphatic hydroxyl groups excluding tert-OH is 2. The van der Waals surface area contributed by atoms with Crippen molar-refractivity contribution in [3.8, 4) is 0 Å². The van der Waals surface area contributed by atoms with Crippen LogP contribution < -0.4 is 0 Å². The van der Waals surface area contributed by atoms with E-state index in [4.69, 9.17) is 17.7 Å². The molecular formula is C24H31FO6. The fourth-order valence-corrected chi connectivity index (χ4v) is 7.62. The Bertz CT molecular complexity index is 1100. The third-order valence-electron chi connectivity index (χ3n) is 8.97. The van der Waals surface area contributed by atoms with E-state index in [0.29, 0.717) is 12.0 Å². The number of ketones is 2. The Morgan fingerprint density at radius 2 is 2.10 bits per heavy atom. The van der Waals surface area contributed by atoms with E-state index in [1.165, 1.54) is 18.2 Å². The van der Waals surface area contributed by atoms with Crippen LogP contribution in [-0.2, 0) is 19.1 Å². The third kappa shape index (κ3) is 2.31. The molecule has 0 aromatic heterocycles. The minimum atomic E-state index is -3.33. The number of ether oxygens (including phenoxy) is 2. The van der Waals surface area contributed by atoms with Crippen molar-refractivity contribution in [3.63, 3.8) is 0 Å². The molecule has 4 aliphatic carbocycles. The van der Waals surface area contributed by atoms with Crippen LogP contribution in [0, 0.1) is 22.7 Å². The quantitative estimate of drug-likeness (QED) is 0.685. The van der Waals surface area contributed by atoms with Crippen molar-refractivity contribution in [2.45, 2.75) is 82.5 Å². The van der Waals surface area contributed by atoms with Gasteiger partial charge in [0.25, 0.3) is 0 Å². The number of allylic oxidation sites excluding steroid dienone is 4. The number of hydrogen-bond acceptors (Lipinski definition) is 6.